The Balaban J connectivity index is 2.14. The van der Waals surface area contributed by atoms with Gasteiger partial charge in [-0.25, -0.2) is 4.39 Å². The van der Waals surface area contributed by atoms with E-state index in [-0.39, 0.29) is 12.2 Å². The van der Waals surface area contributed by atoms with Crippen molar-refractivity contribution in [1.29, 1.82) is 0 Å². The number of nitrogens with two attached hydrogens (primary N) is 1. The lowest BCUT2D eigenvalue weighted by Gasteiger charge is -2.36. The van der Waals surface area contributed by atoms with Crippen molar-refractivity contribution in [3.63, 3.8) is 0 Å². The summed E-state index contributed by atoms with van der Waals surface area (Å²) in [6.07, 6.45) is 0.748. The van der Waals surface area contributed by atoms with Crippen LogP contribution >= 0.6 is 15.9 Å². The minimum Gasteiger partial charge on any atom is -0.396 e. The Kier molecular flexibility index (Phi) is 5.55. The number of aliphatic hydroxyl groups is 1. The molecule has 0 aromatic heterocycles. The van der Waals surface area contributed by atoms with Crippen LogP contribution in [0.25, 0.3) is 0 Å². The van der Waals surface area contributed by atoms with Gasteiger partial charge < -0.3 is 15.7 Å². The lowest BCUT2D eigenvalue weighted by atomic mass is 10.1. The van der Waals surface area contributed by atoms with Gasteiger partial charge in [0, 0.05) is 43.8 Å². The molecule has 1 aromatic carbocycles. The minimum absolute atomic E-state index is 0.0537. The predicted octanol–water partition coefficient (Wildman–Crippen LogP) is 1.19. The van der Waals surface area contributed by atoms with Crippen LogP contribution in [0.2, 0.25) is 0 Å². The van der Waals surface area contributed by atoms with Crippen molar-refractivity contribution in [2.45, 2.75) is 6.42 Å². The molecule has 0 bridgehead atoms. The molecule has 1 aliphatic rings. The largest absolute Gasteiger partial charge is 0.396 e. The van der Waals surface area contributed by atoms with Crippen molar-refractivity contribution in [3.05, 3.63) is 28.0 Å². The van der Waals surface area contributed by atoms with Gasteiger partial charge in [0.2, 0.25) is 0 Å². The quantitative estimate of drug-likeness (QED) is 0.828. The zero-order valence-electron chi connectivity index (χ0n) is 11.7. The van der Waals surface area contributed by atoms with Crippen LogP contribution in [0.3, 0.4) is 0 Å². The number of primary amides is 1. The standard InChI is InChI=1S/C14H19BrFN3O2/c15-10-8-11(16)13(14(17)21)12(9-10)19-5-3-18(4-6-19)2-1-7-20/h8-9,20H,1-7H2,(H2,17,21). The number of benzene rings is 1. The van der Waals surface area contributed by atoms with Crippen LogP contribution in [0.1, 0.15) is 16.8 Å². The summed E-state index contributed by atoms with van der Waals surface area (Å²) in [7, 11) is 0. The maximum atomic E-state index is 14.0. The fraction of sp³-hybridized carbons (Fsp3) is 0.500. The normalized spacial score (nSPS) is 16.2. The van der Waals surface area contributed by atoms with Gasteiger partial charge in [-0.1, -0.05) is 15.9 Å². The topological polar surface area (TPSA) is 69.8 Å². The highest BCUT2D eigenvalue weighted by Gasteiger charge is 2.23. The maximum absolute atomic E-state index is 14.0. The van der Waals surface area contributed by atoms with E-state index in [4.69, 9.17) is 10.8 Å². The summed E-state index contributed by atoms with van der Waals surface area (Å²) in [4.78, 5) is 15.7. The van der Waals surface area contributed by atoms with Crippen molar-refractivity contribution in [1.82, 2.24) is 4.90 Å². The maximum Gasteiger partial charge on any atom is 0.253 e. The highest BCUT2D eigenvalue weighted by molar-refractivity contribution is 9.10. The average Bonchev–Trinajstić information content (AvgIpc) is 2.44. The number of rotatable bonds is 5. The smallest absolute Gasteiger partial charge is 0.253 e. The average molecular weight is 360 g/mol. The van der Waals surface area contributed by atoms with Crippen LogP contribution in [0.15, 0.2) is 16.6 Å². The number of halogens is 2. The van der Waals surface area contributed by atoms with E-state index in [0.29, 0.717) is 23.2 Å². The van der Waals surface area contributed by atoms with Gasteiger partial charge in [-0.05, 0) is 18.6 Å². The van der Waals surface area contributed by atoms with Gasteiger partial charge in [0.05, 0.1) is 11.3 Å². The van der Waals surface area contributed by atoms with Gasteiger partial charge in [-0.2, -0.15) is 0 Å². The highest BCUT2D eigenvalue weighted by atomic mass is 79.9. The van der Waals surface area contributed by atoms with Crippen LogP contribution in [0.4, 0.5) is 10.1 Å². The van der Waals surface area contributed by atoms with E-state index in [1.807, 2.05) is 4.90 Å². The van der Waals surface area contributed by atoms with Crippen LogP contribution in [-0.2, 0) is 0 Å². The first-order valence-electron chi connectivity index (χ1n) is 6.90. The molecule has 116 valence electrons. The second-order valence-electron chi connectivity index (χ2n) is 5.05. The molecule has 1 aromatic rings. The Morgan fingerprint density at radius 2 is 2.00 bits per heavy atom. The SMILES string of the molecule is NC(=O)c1c(F)cc(Br)cc1N1CCN(CCCO)CC1. The Morgan fingerprint density at radius 3 is 2.57 bits per heavy atom. The van der Waals surface area contributed by atoms with Crippen molar-refractivity contribution in [2.75, 3.05) is 44.2 Å². The number of aliphatic hydroxyl groups excluding tert-OH is 1. The first kappa shape index (κ1) is 16.2. The molecule has 0 radical (unpaired) electrons. The van der Waals surface area contributed by atoms with Crippen LogP contribution in [-0.4, -0.2) is 55.2 Å². The molecule has 1 aliphatic heterocycles. The molecule has 0 atom stereocenters. The number of carbonyl (C=O) groups is 1. The van der Waals surface area contributed by atoms with Crippen LogP contribution in [0.5, 0.6) is 0 Å². The third kappa shape index (κ3) is 3.93. The molecule has 0 aliphatic carbocycles. The van der Waals surface area contributed by atoms with Gasteiger partial charge in [-0.15, -0.1) is 0 Å². The summed E-state index contributed by atoms with van der Waals surface area (Å²) >= 11 is 3.25. The van der Waals surface area contributed by atoms with Crippen molar-refractivity contribution in [3.8, 4) is 0 Å². The van der Waals surface area contributed by atoms with Gasteiger partial charge in [-0.3, -0.25) is 9.69 Å². The van der Waals surface area contributed by atoms with E-state index in [0.717, 1.165) is 26.1 Å². The number of piperazine rings is 1. The second kappa shape index (κ2) is 7.20. The zero-order valence-corrected chi connectivity index (χ0v) is 13.3. The molecule has 1 heterocycles. The summed E-state index contributed by atoms with van der Waals surface area (Å²) < 4.78 is 14.6. The summed E-state index contributed by atoms with van der Waals surface area (Å²) in [5, 5.41) is 8.85. The van der Waals surface area contributed by atoms with Gasteiger partial charge in [0.1, 0.15) is 5.82 Å². The van der Waals surface area contributed by atoms with E-state index in [9.17, 15) is 9.18 Å². The zero-order chi connectivity index (χ0) is 15.4. The molecule has 5 nitrogen and oxygen atoms in total. The molecule has 0 unspecified atom stereocenters. The van der Waals surface area contributed by atoms with E-state index in [1.165, 1.54) is 6.07 Å². The third-order valence-corrected chi connectivity index (χ3v) is 4.08. The molecule has 7 heteroatoms. The molecule has 0 saturated carbocycles. The van der Waals surface area contributed by atoms with E-state index >= 15 is 0 Å². The van der Waals surface area contributed by atoms with Crippen molar-refractivity contribution in [2.24, 2.45) is 5.73 Å². The molecular weight excluding hydrogens is 341 g/mol. The van der Waals surface area contributed by atoms with Gasteiger partial charge in [0.25, 0.3) is 5.91 Å². The summed E-state index contributed by atoms with van der Waals surface area (Å²) in [5.74, 6) is -1.35. The Hall–Kier alpha value is -1.18. The van der Waals surface area contributed by atoms with Crippen molar-refractivity contribution < 1.29 is 14.3 Å². The summed E-state index contributed by atoms with van der Waals surface area (Å²) in [6.45, 7) is 4.05. The van der Waals surface area contributed by atoms with Crippen LogP contribution in [0, 0.1) is 5.82 Å². The number of hydrogen-bond donors (Lipinski definition) is 2. The van der Waals surface area contributed by atoms with E-state index < -0.39 is 11.7 Å². The number of nitrogens with zero attached hydrogens (tertiary/aromatic N) is 2. The lowest BCUT2D eigenvalue weighted by Crippen LogP contribution is -2.47. The number of amides is 1. The third-order valence-electron chi connectivity index (χ3n) is 3.63. The second-order valence-corrected chi connectivity index (χ2v) is 5.97. The van der Waals surface area contributed by atoms with Gasteiger partial charge >= 0.3 is 0 Å². The molecular formula is C14H19BrFN3O2. The molecule has 1 fully saturated rings. The number of hydrogen-bond acceptors (Lipinski definition) is 4. The Labute approximate surface area is 131 Å². The molecule has 21 heavy (non-hydrogen) atoms. The predicted molar refractivity (Wildman–Crippen MR) is 83.0 cm³/mol. The molecule has 3 N–H and O–H groups in total. The fourth-order valence-corrected chi connectivity index (χ4v) is 2.98. The lowest BCUT2D eigenvalue weighted by molar-refractivity contribution is 0.0996. The fourth-order valence-electron chi connectivity index (χ4n) is 2.56. The monoisotopic (exact) mass is 359 g/mol. The molecule has 1 amide bonds. The Morgan fingerprint density at radius 1 is 1.33 bits per heavy atom. The molecule has 1 saturated heterocycles. The van der Waals surface area contributed by atoms with E-state index in [1.54, 1.807) is 6.07 Å². The highest BCUT2D eigenvalue weighted by Crippen LogP contribution is 2.28. The van der Waals surface area contributed by atoms with E-state index in [2.05, 4.69) is 20.8 Å². The van der Waals surface area contributed by atoms with Crippen molar-refractivity contribution >= 4 is 27.5 Å². The first-order valence-corrected chi connectivity index (χ1v) is 7.69. The number of anilines is 1. The molecule has 2 rings (SSSR count). The molecule has 0 spiro atoms. The minimum atomic E-state index is -0.752. The summed E-state index contributed by atoms with van der Waals surface area (Å²) in [5.41, 5.74) is 5.79. The Bertz CT molecular complexity index is 519. The summed E-state index contributed by atoms with van der Waals surface area (Å²) in [6, 6.07) is 2.98. The van der Waals surface area contributed by atoms with Gasteiger partial charge in [0.15, 0.2) is 0 Å². The first-order chi connectivity index (χ1) is 10.0. The van der Waals surface area contributed by atoms with Crippen LogP contribution < -0.4 is 10.6 Å². The number of carbonyl (C=O) groups excluding carboxylic acids is 1.